The quantitative estimate of drug-likeness (QED) is 0.246. The lowest BCUT2D eigenvalue weighted by atomic mass is 9.74. The molecule has 3 aromatic carbocycles. The Balaban J connectivity index is 1.07. The van der Waals surface area contributed by atoms with Crippen LogP contribution in [-0.4, -0.2) is 76.7 Å². The van der Waals surface area contributed by atoms with E-state index in [2.05, 4.69) is 25.5 Å². The van der Waals surface area contributed by atoms with Crippen molar-refractivity contribution in [3.8, 4) is 5.75 Å². The van der Waals surface area contributed by atoms with Crippen LogP contribution in [0.5, 0.6) is 5.75 Å². The molecule has 3 fully saturated rings. The van der Waals surface area contributed by atoms with Gasteiger partial charge in [-0.25, -0.2) is 9.97 Å². The summed E-state index contributed by atoms with van der Waals surface area (Å²) in [7, 11) is 0. The van der Waals surface area contributed by atoms with E-state index in [4.69, 9.17) is 9.47 Å². The Bertz CT molecular complexity index is 2120. The van der Waals surface area contributed by atoms with Gasteiger partial charge in [0.15, 0.2) is 0 Å². The number of benzene rings is 3. The average Bonchev–Trinajstić information content (AvgIpc) is 3.35. The van der Waals surface area contributed by atoms with E-state index >= 15 is 0 Å². The third kappa shape index (κ3) is 5.76. The van der Waals surface area contributed by atoms with Crippen molar-refractivity contribution in [1.29, 1.82) is 0 Å². The van der Waals surface area contributed by atoms with Crippen LogP contribution in [0.25, 0.3) is 0 Å². The first-order valence-electron chi connectivity index (χ1n) is 17.2. The Hall–Kier alpha value is -5.95. The predicted octanol–water partition coefficient (Wildman–Crippen LogP) is 3.87. The fourth-order valence-corrected chi connectivity index (χ4v) is 7.46. The highest BCUT2D eigenvalue weighted by atomic mass is 16.5. The highest BCUT2D eigenvalue weighted by Crippen LogP contribution is 2.44. The maximum Gasteiger partial charge on any atom is 0.262 e. The summed E-state index contributed by atoms with van der Waals surface area (Å²) in [6.45, 7) is 7.36. The number of nitrogens with one attached hydrogen (secondary N) is 2. The molecule has 2 N–H and O–H groups in total. The van der Waals surface area contributed by atoms with E-state index in [0.29, 0.717) is 28.5 Å². The van der Waals surface area contributed by atoms with E-state index in [1.54, 1.807) is 42.6 Å². The summed E-state index contributed by atoms with van der Waals surface area (Å²) in [5, 5.41) is 5.21. The van der Waals surface area contributed by atoms with E-state index in [9.17, 15) is 24.0 Å². The number of carbonyl (C=O) groups excluding carboxylic acids is 5. The summed E-state index contributed by atoms with van der Waals surface area (Å²) in [6.07, 6.45) is 1.76. The fraction of sp³-hybridized carbons (Fsp3) is 0.308. The first-order valence-corrected chi connectivity index (χ1v) is 17.2. The molecule has 5 heterocycles. The van der Waals surface area contributed by atoms with Gasteiger partial charge in [0, 0.05) is 42.4 Å². The molecule has 8 rings (SSSR count). The van der Waals surface area contributed by atoms with Gasteiger partial charge in [-0.2, -0.15) is 0 Å². The third-order valence-electron chi connectivity index (χ3n) is 10.3. The van der Waals surface area contributed by atoms with Crippen LogP contribution < -0.4 is 20.3 Å². The summed E-state index contributed by atoms with van der Waals surface area (Å²) >= 11 is 0. The Morgan fingerprint density at radius 1 is 0.981 bits per heavy atom. The molecule has 13 heteroatoms. The summed E-state index contributed by atoms with van der Waals surface area (Å²) in [4.78, 5) is 78.3. The Kier molecular flexibility index (Phi) is 8.09. The molecule has 5 amide bonds. The van der Waals surface area contributed by atoms with Gasteiger partial charge in [0.25, 0.3) is 17.7 Å². The molecule has 4 aliphatic rings. The summed E-state index contributed by atoms with van der Waals surface area (Å²) in [6, 6.07) is 19.9. The Morgan fingerprint density at radius 2 is 1.73 bits per heavy atom. The van der Waals surface area contributed by atoms with Crippen LogP contribution in [0.1, 0.15) is 74.6 Å². The molecule has 4 aliphatic heterocycles. The van der Waals surface area contributed by atoms with Gasteiger partial charge in [-0.15, -0.1) is 0 Å². The first-order chi connectivity index (χ1) is 25.0. The lowest BCUT2D eigenvalue weighted by molar-refractivity contribution is -0.136. The largest absolute Gasteiger partial charge is 0.487 e. The Morgan fingerprint density at radius 3 is 2.42 bits per heavy atom. The molecule has 13 nitrogen and oxygen atoms in total. The fourth-order valence-electron chi connectivity index (χ4n) is 7.46. The summed E-state index contributed by atoms with van der Waals surface area (Å²) < 4.78 is 11.5. The molecule has 3 saturated heterocycles. The molecule has 1 unspecified atom stereocenters. The van der Waals surface area contributed by atoms with Crippen LogP contribution in [0, 0.1) is 5.41 Å². The molecule has 1 spiro atoms. The lowest BCUT2D eigenvalue weighted by Crippen LogP contribution is -2.66. The van der Waals surface area contributed by atoms with Crippen molar-refractivity contribution in [3.05, 3.63) is 113 Å². The van der Waals surface area contributed by atoms with Gasteiger partial charge in [0.1, 0.15) is 18.4 Å². The van der Waals surface area contributed by atoms with Gasteiger partial charge < -0.3 is 19.7 Å². The number of amides is 5. The number of fused-ring (bicyclic) bond motifs is 1. The van der Waals surface area contributed by atoms with Crippen molar-refractivity contribution >= 4 is 41.2 Å². The number of anilines is 2. The molecule has 0 saturated carbocycles. The molecule has 264 valence electrons. The molecule has 1 atom stereocenters. The van der Waals surface area contributed by atoms with Crippen molar-refractivity contribution in [2.24, 2.45) is 5.41 Å². The van der Waals surface area contributed by atoms with Crippen molar-refractivity contribution < 1.29 is 33.4 Å². The van der Waals surface area contributed by atoms with Crippen LogP contribution in [0.2, 0.25) is 0 Å². The van der Waals surface area contributed by atoms with Gasteiger partial charge in [0.2, 0.25) is 17.8 Å². The molecular weight excluding hydrogens is 664 g/mol. The van der Waals surface area contributed by atoms with Crippen LogP contribution in [0.15, 0.2) is 79.0 Å². The van der Waals surface area contributed by atoms with Crippen LogP contribution >= 0.6 is 0 Å². The number of imide groups is 2. The summed E-state index contributed by atoms with van der Waals surface area (Å²) in [5.41, 5.74) is 2.22. The minimum atomic E-state index is -1.13. The topological polar surface area (TPSA) is 160 Å². The van der Waals surface area contributed by atoms with E-state index < -0.39 is 41.0 Å². The van der Waals surface area contributed by atoms with Crippen molar-refractivity contribution in [1.82, 2.24) is 20.2 Å². The number of ether oxygens (including phenoxy) is 2. The van der Waals surface area contributed by atoms with Crippen molar-refractivity contribution in [2.75, 3.05) is 36.5 Å². The van der Waals surface area contributed by atoms with Crippen molar-refractivity contribution in [2.45, 2.75) is 44.8 Å². The van der Waals surface area contributed by atoms with Crippen molar-refractivity contribution in [3.63, 3.8) is 0 Å². The van der Waals surface area contributed by atoms with E-state index in [1.807, 2.05) is 44.2 Å². The second-order valence-electron chi connectivity index (χ2n) is 14.3. The maximum atomic E-state index is 14.2. The normalized spacial score (nSPS) is 19.2. The van der Waals surface area contributed by atoms with E-state index in [1.165, 1.54) is 6.07 Å². The SMILES string of the molecule is CC(C)(c1ccc(OCc2ccnc(N3CC4(COC4)C3)n2)cc1)c1c(NC(=O)c2ccccc2)ccc2c1C(=O)N(C1CCC(=O)NC1=O)C2=O. The number of nitrogens with zero attached hydrogens (tertiary/aromatic N) is 4. The number of aromatic nitrogens is 2. The first kappa shape index (κ1) is 33.2. The van der Waals surface area contributed by atoms with E-state index in [0.717, 1.165) is 42.5 Å². The number of hydrogen-bond acceptors (Lipinski definition) is 10. The molecule has 0 bridgehead atoms. The maximum absolute atomic E-state index is 14.2. The van der Waals surface area contributed by atoms with Crippen LogP contribution in [-0.2, 0) is 26.3 Å². The second-order valence-corrected chi connectivity index (χ2v) is 14.3. The minimum Gasteiger partial charge on any atom is -0.487 e. The standard InChI is InChI=1S/C39H36N6O7/c1-38(2,24-8-10-26(11-9-24)52-18-25-16-17-40-37(41-25)44-19-39(20-44)21-51-22-39)32-28(42-33(47)23-6-4-3-5-7-23)13-12-27-31(32)36(50)45(35(27)49)29-14-15-30(46)43-34(29)48/h3-13,16-17,29H,14-15,18-22H2,1-2H3,(H,42,47)(H,43,46,48). The highest BCUT2D eigenvalue weighted by molar-refractivity contribution is 6.25. The third-order valence-corrected chi connectivity index (χ3v) is 10.3. The van der Waals surface area contributed by atoms with Gasteiger partial charge in [0.05, 0.1) is 35.4 Å². The molecule has 52 heavy (non-hydrogen) atoms. The molecule has 1 aromatic heterocycles. The number of carbonyl (C=O) groups is 5. The van der Waals surface area contributed by atoms with Gasteiger partial charge in [-0.05, 0) is 60.0 Å². The average molecular weight is 701 g/mol. The van der Waals surface area contributed by atoms with Crippen LogP contribution in [0.3, 0.4) is 0 Å². The highest BCUT2D eigenvalue weighted by Gasteiger charge is 2.50. The molecule has 4 aromatic rings. The minimum absolute atomic E-state index is 0.00224. The molecule has 0 aliphatic carbocycles. The predicted molar refractivity (Wildman–Crippen MR) is 188 cm³/mol. The Labute approximate surface area is 299 Å². The second kappa shape index (κ2) is 12.7. The molecular formula is C39H36N6O7. The monoisotopic (exact) mass is 700 g/mol. The van der Waals surface area contributed by atoms with Gasteiger partial charge >= 0.3 is 0 Å². The number of hydrogen-bond donors (Lipinski definition) is 2. The van der Waals surface area contributed by atoms with E-state index in [-0.39, 0.29) is 36.0 Å². The van der Waals surface area contributed by atoms with Gasteiger partial charge in [-0.3, -0.25) is 34.2 Å². The van der Waals surface area contributed by atoms with Gasteiger partial charge in [-0.1, -0.05) is 44.2 Å². The zero-order valence-corrected chi connectivity index (χ0v) is 28.7. The van der Waals surface area contributed by atoms with Crippen LogP contribution in [0.4, 0.5) is 11.6 Å². The number of piperidine rings is 1. The zero-order valence-electron chi connectivity index (χ0n) is 28.7. The lowest BCUT2D eigenvalue weighted by Gasteiger charge is -2.54. The molecule has 0 radical (unpaired) electrons. The summed E-state index contributed by atoms with van der Waals surface area (Å²) in [5.74, 6) is -1.56. The number of rotatable bonds is 9. The zero-order chi connectivity index (χ0) is 36.2. The smallest absolute Gasteiger partial charge is 0.262 e.